The lowest BCUT2D eigenvalue weighted by atomic mass is 9.82. The fourth-order valence-electron chi connectivity index (χ4n) is 9.41. The highest BCUT2D eigenvalue weighted by molar-refractivity contribution is 8.24. The summed E-state index contributed by atoms with van der Waals surface area (Å²) < 4.78 is 52.5. The summed E-state index contributed by atoms with van der Waals surface area (Å²) in [5, 5.41) is 10.00. The zero-order chi connectivity index (χ0) is 49.0. The Morgan fingerprint density at radius 1 is 0.594 bits per heavy atom. The predicted octanol–water partition coefficient (Wildman–Crippen LogP) is 9.53. The largest absolute Gasteiger partial charge is 0.492 e. The van der Waals surface area contributed by atoms with Crippen LogP contribution >= 0.6 is 23.5 Å². The molecule has 0 spiro atoms. The van der Waals surface area contributed by atoms with E-state index in [2.05, 4.69) is 13.2 Å². The van der Waals surface area contributed by atoms with Crippen LogP contribution in [0.4, 0.5) is 0 Å². The van der Waals surface area contributed by atoms with Gasteiger partial charge in [-0.3, -0.25) is 9.59 Å². The third kappa shape index (κ3) is 16.8. The minimum absolute atomic E-state index is 0.0560. The van der Waals surface area contributed by atoms with E-state index in [9.17, 15) is 29.2 Å². The summed E-state index contributed by atoms with van der Waals surface area (Å²) in [4.78, 5) is 63.1. The number of carbonyl (C=O) groups is 5. The highest BCUT2D eigenvalue weighted by Crippen LogP contribution is 2.59. The lowest BCUT2D eigenvalue weighted by Crippen LogP contribution is -2.32. The molecule has 5 aliphatic rings. The van der Waals surface area contributed by atoms with E-state index >= 15 is 0 Å². The Morgan fingerprint density at radius 2 is 1.00 bits per heavy atom. The van der Waals surface area contributed by atoms with Crippen LogP contribution in [0.25, 0.3) is 0 Å². The number of ether oxygens (including phenoxy) is 9. The fraction of sp³-hybridized carbons (Fsp3) is 0.654. The molecule has 4 fully saturated rings. The molecule has 0 N–H and O–H groups in total. The summed E-state index contributed by atoms with van der Waals surface area (Å²) in [5.41, 5.74) is -0.0560. The van der Waals surface area contributed by atoms with Crippen molar-refractivity contribution < 1.29 is 66.6 Å². The lowest BCUT2D eigenvalue weighted by molar-refractivity contribution is -0.159. The zero-order valence-electron chi connectivity index (χ0n) is 40.0. The molecule has 0 atom stereocenters. The molecule has 1 aliphatic heterocycles. The Balaban J connectivity index is 0.927. The maximum Gasteiger partial charge on any atom is 0.350 e. The molecule has 17 heteroatoms. The first-order chi connectivity index (χ1) is 33.6. The van der Waals surface area contributed by atoms with Crippen LogP contribution in [0.1, 0.15) is 122 Å². The first-order valence-corrected chi connectivity index (χ1v) is 26.5. The summed E-state index contributed by atoms with van der Waals surface area (Å²) >= 11 is 2.63. The maximum atomic E-state index is 13.2. The van der Waals surface area contributed by atoms with Crippen molar-refractivity contribution in [1.82, 2.24) is 0 Å². The van der Waals surface area contributed by atoms with Gasteiger partial charge in [-0.25, -0.2) is 14.4 Å². The molecular formula is C52H69NO14S2. The van der Waals surface area contributed by atoms with Gasteiger partial charge in [-0.05, 0) is 134 Å². The van der Waals surface area contributed by atoms with Crippen molar-refractivity contribution in [2.75, 3.05) is 46.2 Å². The molecule has 1 aromatic carbocycles. The fourth-order valence-corrected chi connectivity index (χ4v) is 12.0. The van der Waals surface area contributed by atoms with Crippen LogP contribution in [-0.2, 0) is 57.1 Å². The second-order valence-electron chi connectivity index (χ2n) is 18.3. The standard InChI is InChI=1S/C52H69NO14S2/c1-4-45(54)62-29-7-27-60-38-17-21-40(22-18-38)66-49(56)36-13-9-34(10-14-36)32-64-43-25-26-44(48-47(43)68-52(69-48)42(31-53)51(58)59-6-3)65-33-35-11-15-37(16-12-35)50(57)67-41-23-19-39(20-24-41)61-28-8-30-63-46(55)5-2/h4-5,25-26,34-41H,1-2,6-24,27-30,32-33H2,3H3. The number of hydrogen-bond donors (Lipinski definition) is 0. The number of rotatable bonds is 24. The molecule has 0 bridgehead atoms. The second kappa shape index (κ2) is 28.4. The van der Waals surface area contributed by atoms with Crippen LogP contribution in [0.3, 0.4) is 0 Å². The highest BCUT2D eigenvalue weighted by Gasteiger charge is 2.35. The molecule has 0 aromatic heterocycles. The van der Waals surface area contributed by atoms with E-state index in [0.717, 1.165) is 125 Å². The molecule has 69 heavy (non-hydrogen) atoms. The molecule has 4 saturated carbocycles. The van der Waals surface area contributed by atoms with Gasteiger partial charge >= 0.3 is 29.8 Å². The summed E-state index contributed by atoms with van der Waals surface area (Å²) in [7, 11) is 0. The van der Waals surface area contributed by atoms with Gasteiger partial charge in [-0.2, -0.15) is 5.26 Å². The summed E-state index contributed by atoms with van der Waals surface area (Å²) in [6.07, 6.45) is 16.2. The van der Waals surface area contributed by atoms with Crippen molar-refractivity contribution in [3.05, 3.63) is 47.3 Å². The molecule has 0 saturated heterocycles. The van der Waals surface area contributed by atoms with Crippen LogP contribution in [0.15, 0.2) is 57.0 Å². The van der Waals surface area contributed by atoms with E-state index in [4.69, 9.17) is 42.6 Å². The van der Waals surface area contributed by atoms with Gasteiger partial charge in [0.2, 0.25) is 0 Å². The molecule has 1 aromatic rings. The normalized spacial score (nSPS) is 25.4. The summed E-state index contributed by atoms with van der Waals surface area (Å²) in [6, 6.07) is 5.83. The molecule has 1 heterocycles. The molecular weight excluding hydrogens is 927 g/mol. The van der Waals surface area contributed by atoms with E-state index in [0.29, 0.717) is 68.2 Å². The van der Waals surface area contributed by atoms with E-state index in [1.165, 1.54) is 23.5 Å². The Morgan fingerprint density at radius 3 is 1.38 bits per heavy atom. The van der Waals surface area contributed by atoms with Gasteiger partial charge in [0.1, 0.15) is 29.8 Å². The van der Waals surface area contributed by atoms with Crippen LogP contribution in [0, 0.1) is 35.0 Å². The molecule has 6 rings (SSSR count). The van der Waals surface area contributed by atoms with Crippen LogP contribution < -0.4 is 9.47 Å². The Kier molecular flexibility index (Phi) is 22.1. The van der Waals surface area contributed by atoms with Crippen molar-refractivity contribution in [3.63, 3.8) is 0 Å². The molecule has 0 radical (unpaired) electrons. The Hall–Kier alpha value is -4.50. The SMILES string of the molecule is C=CC(=O)OCCCOC1CCC(OC(=O)C2CCC(COc3ccc(OCC4CCC(C(=O)OC5CCC(OCCCOC(=O)C=C)CC5)CC4)c4c3SC(=C(C#N)C(=O)OCC)S4)CC2)CC1. The highest BCUT2D eigenvalue weighted by atomic mass is 32.2. The van der Waals surface area contributed by atoms with E-state index < -0.39 is 17.9 Å². The minimum atomic E-state index is -0.670. The molecule has 0 amide bonds. The molecule has 378 valence electrons. The number of hydrogen-bond acceptors (Lipinski definition) is 17. The minimum Gasteiger partial charge on any atom is -0.492 e. The van der Waals surface area contributed by atoms with Gasteiger partial charge in [0.05, 0.1) is 84.3 Å². The molecule has 4 aliphatic carbocycles. The summed E-state index contributed by atoms with van der Waals surface area (Å²) in [5.74, 6) is -0.263. The van der Waals surface area contributed by atoms with Crippen LogP contribution in [-0.4, -0.2) is 101 Å². The lowest BCUT2D eigenvalue weighted by Gasteiger charge is -2.31. The average molecular weight is 996 g/mol. The van der Waals surface area contributed by atoms with Crippen molar-refractivity contribution in [2.45, 2.75) is 157 Å². The number of benzene rings is 1. The summed E-state index contributed by atoms with van der Waals surface area (Å²) in [6.45, 7) is 11.2. The first kappa shape index (κ1) is 53.8. The number of thioether (sulfide) groups is 2. The van der Waals surface area contributed by atoms with Crippen molar-refractivity contribution in [2.24, 2.45) is 23.7 Å². The Labute approximate surface area is 415 Å². The second-order valence-corrected chi connectivity index (χ2v) is 20.6. The van der Waals surface area contributed by atoms with Gasteiger partial charge in [0.25, 0.3) is 0 Å². The van der Waals surface area contributed by atoms with Crippen LogP contribution in [0.2, 0.25) is 0 Å². The quantitative estimate of drug-likeness (QED) is 0.0312. The third-order valence-corrected chi connectivity index (χ3v) is 16.1. The zero-order valence-corrected chi connectivity index (χ0v) is 41.6. The third-order valence-electron chi connectivity index (χ3n) is 13.4. The molecule has 15 nitrogen and oxygen atoms in total. The Bertz CT molecular complexity index is 1870. The monoisotopic (exact) mass is 995 g/mol. The van der Waals surface area contributed by atoms with E-state index in [-0.39, 0.29) is 72.2 Å². The smallest absolute Gasteiger partial charge is 0.350 e. The number of fused-ring (bicyclic) bond motifs is 1. The number of nitrogens with zero attached hydrogens (tertiary/aromatic N) is 1. The number of carbonyl (C=O) groups excluding carboxylic acids is 5. The van der Waals surface area contributed by atoms with Gasteiger partial charge in [0.15, 0.2) is 5.57 Å². The average Bonchev–Trinajstić information content (AvgIpc) is 3.82. The van der Waals surface area contributed by atoms with Gasteiger partial charge < -0.3 is 42.6 Å². The predicted molar refractivity (Wildman–Crippen MR) is 257 cm³/mol. The van der Waals surface area contributed by atoms with E-state index in [1.807, 2.05) is 18.2 Å². The van der Waals surface area contributed by atoms with Crippen molar-refractivity contribution in [3.8, 4) is 17.6 Å². The van der Waals surface area contributed by atoms with Crippen LogP contribution in [0.5, 0.6) is 11.5 Å². The topological polar surface area (TPSA) is 192 Å². The first-order valence-electron chi connectivity index (χ1n) is 24.9. The van der Waals surface area contributed by atoms with Crippen molar-refractivity contribution in [1.29, 1.82) is 5.26 Å². The van der Waals surface area contributed by atoms with Gasteiger partial charge in [-0.15, -0.1) is 0 Å². The van der Waals surface area contributed by atoms with Crippen molar-refractivity contribution >= 4 is 53.4 Å². The number of esters is 5. The maximum absolute atomic E-state index is 13.2. The van der Waals surface area contributed by atoms with Gasteiger partial charge in [-0.1, -0.05) is 36.7 Å². The van der Waals surface area contributed by atoms with Gasteiger partial charge in [0, 0.05) is 25.0 Å². The molecule has 0 unspecified atom stereocenters. The van der Waals surface area contributed by atoms with E-state index in [1.54, 1.807) is 6.92 Å². The number of nitriles is 1.